The zero-order valence-electron chi connectivity index (χ0n) is 15.6. The first-order valence-corrected chi connectivity index (χ1v) is 10.9. The van der Waals surface area contributed by atoms with Gasteiger partial charge < -0.3 is 0 Å². The van der Waals surface area contributed by atoms with Gasteiger partial charge in [0, 0.05) is 6.42 Å². The van der Waals surface area contributed by atoms with E-state index in [-0.39, 0.29) is 10.6 Å². The normalized spacial score (nSPS) is 11.6. The van der Waals surface area contributed by atoms with Crippen molar-refractivity contribution in [3.05, 3.63) is 47.5 Å². The molecule has 1 aromatic carbocycles. The summed E-state index contributed by atoms with van der Waals surface area (Å²) in [6.07, 6.45) is 7.51. The maximum Gasteiger partial charge on any atom is 0.269 e. The van der Waals surface area contributed by atoms with Gasteiger partial charge in [0.05, 0.1) is 10.6 Å². The number of hydrogen-bond donors (Lipinski definition) is 0. The molecule has 0 bridgehead atoms. The number of benzene rings is 1. The molecule has 0 atom stereocenters. The van der Waals surface area contributed by atoms with E-state index in [1.165, 1.54) is 3.97 Å². The average molecular weight is 377 g/mol. The van der Waals surface area contributed by atoms with Crippen molar-refractivity contribution in [1.29, 1.82) is 0 Å². The molecule has 2 rings (SSSR count). The molecule has 0 aliphatic rings. The van der Waals surface area contributed by atoms with Gasteiger partial charge in [-0.05, 0) is 31.4 Å². The number of carbonyl (C=O) groups excluding carboxylic acids is 1. The molecule has 0 unspecified atom stereocenters. The van der Waals surface area contributed by atoms with Gasteiger partial charge >= 0.3 is 0 Å². The SMILES string of the molecule is CCCCCc1nc(C=O)c(CCCCC)n1S(=O)(=O)c1ccccc1. The minimum Gasteiger partial charge on any atom is -0.296 e. The van der Waals surface area contributed by atoms with Gasteiger partial charge in [-0.1, -0.05) is 57.7 Å². The van der Waals surface area contributed by atoms with Gasteiger partial charge in [0.1, 0.15) is 11.5 Å². The van der Waals surface area contributed by atoms with Crippen LogP contribution in [0.25, 0.3) is 0 Å². The molecule has 5 nitrogen and oxygen atoms in total. The molecule has 0 amide bonds. The minimum absolute atomic E-state index is 0.225. The van der Waals surface area contributed by atoms with Gasteiger partial charge in [-0.25, -0.2) is 17.4 Å². The quantitative estimate of drug-likeness (QED) is 0.430. The standard InChI is InChI=1S/C20H28N2O3S/c1-3-5-8-14-19-18(16-23)21-20(15-9-6-4-2)22(19)26(24,25)17-12-10-7-11-13-17/h7,10-13,16H,3-6,8-9,14-15H2,1-2H3. The zero-order chi connectivity index (χ0) is 19.0. The summed E-state index contributed by atoms with van der Waals surface area (Å²) in [5.41, 5.74) is 0.774. The molecule has 6 heteroatoms. The number of rotatable bonds is 11. The molecule has 2 aromatic rings. The maximum atomic E-state index is 13.3. The van der Waals surface area contributed by atoms with E-state index in [1.807, 2.05) is 0 Å². The summed E-state index contributed by atoms with van der Waals surface area (Å²) in [7, 11) is -3.77. The molecule has 0 fully saturated rings. The van der Waals surface area contributed by atoms with Crippen LogP contribution >= 0.6 is 0 Å². The number of aromatic nitrogens is 2. The Morgan fingerprint density at radius 3 is 2.15 bits per heavy atom. The first kappa shape index (κ1) is 20.4. The van der Waals surface area contributed by atoms with E-state index in [0.717, 1.165) is 38.5 Å². The number of imidazole rings is 1. The Labute approximate surface area is 156 Å². The second-order valence-electron chi connectivity index (χ2n) is 6.47. The Hall–Kier alpha value is -1.95. The Bertz CT molecular complexity index is 811. The molecule has 26 heavy (non-hydrogen) atoms. The maximum absolute atomic E-state index is 13.3. The first-order valence-electron chi connectivity index (χ1n) is 9.42. The lowest BCUT2D eigenvalue weighted by Crippen LogP contribution is -2.19. The van der Waals surface area contributed by atoms with Crippen LogP contribution in [0.1, 0.15) is 74.4 Å². The van der Waals surface area contributed by atoms with Crippen LogP contribution < -0.4 is 0 Å². The van der Waals surface area contributed by atoms with Crippen molar-refractivity contribution < 1.29 is 13.2 Å². The lowest BCUT2D eigenvalue weighted by molar-refractivity contribution is 0.111. The molecule has 0 saturated carbocycles. The van der Waals surface area contributed by atoms with E-state index < -0.39 is 10.0 Å². The van der Waals surface area contributed by atoms with Crippen molar-refractivity contribution in [1.82, 2.24) is 8.96 Å². The molecule has 142 valence electrons. The number of unbranched alkanes of at least 4 members (excludes halogenated alkanes) is 4. The van der Waals surface area contributed by atoms with Gasteiger partial charge in [-0.3, -0.25) is 4.79 Å². The highest BCUT2D eigenvalue weighted by Crippen LogP contribution is 2.23. The van der Waals surface area contributed by atoms with E-state index >= 15 is 0 Å². The Morgan fingerprint density at radius 2 is 1.58 bits per heavy atom. The molecular weight excluding hydrogens is 348 g/mol. The number of hydrogen-bond acceptors (Lipinski definition) is 4. The summed E-state index contributed by atoms with van der Waals surface area (Å²) < 4.78 is 27.9. The molecule has 0 N–H and O–H groups in total. The molecule has 0 saturated heterocycles. The van der Waals surface area contributed by atoms with Crippen molar-refractivity contribution >= 4 is 16.3 Å². The van der Waals surface area contributed by atoms with Gasteiger partial charge in [-0.2, -0.15) is 0 Å². The van der Waals surface area contributed by atoms with Crippen molar-refractivity contribution in [3.8, 4) is 0 Å². The van der Waals surface area contributed by atoms with Gasteiger partial charge in [0.15, 0.2) is 6.29 Å². The summed E-state index contributed by atoms with van der Waals surface area (Å²) in [4.78, 5) is 16.2. The van der Waals surface area contributed by atoms with Crippen LogP contribution in [0.15, 0.2) is 35.2 Å². The zero-order valence-corrected chi connectivity index (χ0v) is 16.5. The number of aldehydes is 1. The van der Waals surface area contributed by atoms with Crippen molar-refractivity contribution in [2.24, 2.45) is 0 Å². The predicted octanol–water partition coefficient (Wildman–Crippen LogP) is 4.40. The Morgan fingerprint density at radius 1 is 0.962 bits per heavy atom. The first-order chi connectivity index (χ1) is 12.6. The van der Waals surface area contributed by atoms with Crippen LogP contribution in [0.2, 0.25) is 0 Å². The second-order valence-corrected chi connectivity index (χ2v) is 8.26. The fraction of sp³-hybridized carbons (Fsp3) is 0.500. The number of nitrogens with zero attached hydrogens (tertiary/aromatic N) is 2. The lowest BCUT2D eigenvalue weighted by Gasteiger charge is -2.13. The molecule has 0 radical (unpaired) electrons. The highest BCUT2D eigenvalue weighted by atomic mass is 32.2. The average Bonchev–Trinajstić information content (AvgIpc) is 3.01. The van der Waals surface area contributed by atoms with E-state index in [2.05, 4.69) is 18.8 Å². The highest BCUT2D eigenvalue weighted by Gasteiger charge is 2.27. The summed E-state index contributed by atoms with van der Waals surface area (Å²) in [5, 5.41) is 0. The van der Waals surface area contributed by atoms with E-state index in [0.29, 0.717) is 30.6 Å². The summed E-state index contributed by atoms with van der Waals surface area (Å²) in [6, 6.07) is 8.37. The highest BCUT2D eigenvalue weighted by molar-refractivity contribution is 7.90. The topological polar surface area (TPSA) is 69.0 Å². The van der Waals surface area contributed by atoms with Crippen LogP contribution in [0.5, 0.6) is 0 Å². The van der Waals surface area contributed by atoms with Crippen LogP contribution in [0.3, 0.4) is 0 Å². The van der Waals surface area contributed by atoms with Crippen molar-refractivity contribution in [2.75, 3.05) is 0 Å². The summed E-state index contributed by atoms with van der Waals surface area (Å²) in [5.74, 6) is 0.468. The monoisotopic (exact) mass is 376 g/mol. The Balaban J connectivity index is 2.54. The van der Waals surface area contributed by atoms with Gasteiger partial charge in [0.25, 0.3) is 10.0 Å². The third-order valence-electron chi connectivity index (χ3n) is 4.44. The smallest absolute Gasteiger partial charge is 0.269 e. The van der Waals surface area contributed by atoms with Crippen LogP contribution in [-0.2, 0) is 22.9 Å². The third-order valence-corrected chi connectivity index (χ3v) is 6.22. The summed E-state index contributed by atoms with van der Waals surface area (Å²) >= 11 is 0. The molecule has 0 spiro atoms. The molecular formula is C20H28N2O3S. The van der Waals surface area contributed by atoms with E-state index in [9.17, 15) is 13.2 Å². The molecule has 1 heterocycles. The molecule has 0 aliphatic heterocycles. The predicted molar refractivity (Wildman–Crippen MR) is 103 cm³/mol. The van der Waals surface area contributed by atoms with Crippen molar-refractivity contribution in [3.63, 3.8) is 0 Å². The lowest BCUT2D eigenvalue weighted by atomic mass is 10.1. The largest absolute Gasteiger partial charge is 0.296 e. The minimum atomic E-state index is -3.77. The summed E-state index contributed by atoms with van der Waals surface area (Å²) in [6.45, 7) is 4.19. The van der Waals surface area contributed by atoms with Crippen LogP contribution in [0, 0.1) is 0 Å². The second kappa shape index (κ2) is 9.67. The van der Waals surface area contributed by atoms with Gasteiger partial charge in [-0.15, -0.1) is 0 Å². The number of carbonyl (C=O) groups is 1. The number of aryl methyl sites for hydroxylation is 1. The third kappa shape index (κ3) is 4.61. The van der Waals surface area contributed by atoms with Gasteiger partial charge in [0.2, 0.25) is 0 Å². The van der Waals surface area contributed by atoms with Crippen LogP contribution in [0.4, 0.5) is 0 Å². The van der Waals surface area contributed by atoms with Crippen molar-refractivity contribution in [2.45, 2.75) is 70.1 Å². The fourth-order valence-corrected chi connectivity index (χ4v) is 4.64. The fourth-order valence-electron chi connectivity index (χ4n) is 3.05. The molecule has 0 aliphatic carbocycles. The molecule has 1 aromatic heterocycles. The Kier molecular flexibility index (Phi) is 7.57. The van der Waals surface area contributed by atoms with Crippen LogP contribution in [-0.4, -0.2) is 23.7 Å². The van der Waals surface area contributed by atoms with E-state index in [4.69, 9.17) is 0 Å². The van der Waals surface area contributed by atoms with E-state index in [1.54, 1.807) is 30.3 Å².